The number of aryl methyl sites for hydroxylation is 1. The highest BCUT2D eigenvalue weighted by molar-refractivity contribution is 5.96. The first-order chi connectivity index (χ1) is 10.2. The van der Waals surface area contributed by atoms with E-state index in [0.29, 0.717) is 0 Å². The molecule has 0 aromatic heterocycles. The number of benzene rings is 1. The van der Waals surface area contributed by atoms with E-state index >= 15 is 0 Å². The van der Waals surface area contributed by atoms with Crippen LogP contribution in [0.25, 0.3) is 6.08 Å². The minimum Gasteiger partial charge on any atom is -0.317 e. The van der Waals surface area contributed by atoms with Crippen molar-refractivity contribution < 1.29 is 9.59 Å². The number of imide groups is 1. The fourth-order valence-corrected chi connectivity index (χ4v) is 2.32. The number of hydrogen-bond acceptors (Lipinski definition) is 3. The second kappa shape index (κ2) is 7.59. The van der Waals surface area contributed by atoms with E-state index in [2.05, 4.69) is 16.0 Å². The molecule has 1 aromatic rings. The van der Waals surface area contributed by atoms with Gasteiger partial charge in [-0.25, -0.2) is 4.79 Å². The van der Waals surface area contributed by atoms with Crippen LogP contribution in [-0.2, 0) is 4.79 Å². The van der Waals surface area contributed by atoms with Gasteiger partial charge in [-0.3, -0.25) is 10.1 Å². The predicted octanol–water partition coefficient (Wildman–Crippen LogP) is 1.79. The van der Waals surface area contributed by atoms with Crippen LogP contribution in [0.15, 0.2) is 30.5 Å². The summed E-state index contributed by atoms with van der Waals surface area (Å²) in [5, 5.41) is 8.13. The van der Waals surface area contributed by atoms with E-state index in [9.17, 15) is 9.59 Å². The Kier molecular flexibility index (Phi) is 5.51. The van der Waals surface area contributed by atoms with Crippen molar-refractivity contribution in [2.75, 3.05) is 13.1 Å². The molecule has 0 bridgehead atoms. The summed E-state index contributed by atoms with van der Waals surface area (Å²) in [4.78, 5) is 23.5. The van der Waals surface area contributed by atoms with Crippen LogP contribution >= 0.6 is 0 Å². The molecule has 0 radical (unpaired) electrons. The van der Waals surface area contributed by atoms with Gasteiger partial charge in [-0.15, -0.1) is 0 Å². The van der Waals surface area contributed by atoms with Gasteiger partial charge in [-0.2, -0.15) is 0 Å². The molecule has 1 aliphatic heterocycles. The normalized spacial score (nSPS) is 15.9. The van der Waals surface area contributed by atoms with Gasteiger partial charge in [0, 0.05) is 12.1 Å². The molecule has 5 heteroatoms. The van der Waals surface area contributed by atoms with E-state index in [1.54, 1.807) is 6.20 Å². The third-order valence-corrected chi connectivity index (χ3v) is 3.61. The number of carbonyl (C=O) groups is 2. The van der Waals surface area contributed by atoms with Gasteiger partial charge in [0.05, 0.1) is 0 Å². The van der Waals surface area contributed by atoms with E-state index in [0.717, 1.165) is 37.1 Å². The molecule has 2 rings (SSSR count). The predicted molar refractivity (Wildman–Crippen MR) is 82.5 cm³/mol. The van der Waals surface area contributed by atoms with Gasteiger partial charge in [-0.1, -0.05) is 24.3 Å². The van der Waals surface area contributed by atoms with Crippen molar-refractivity contribution in [2.24, 2.45) is 5.92 Å². The molecule has 5 nitrogen and oxygen atoms in total. The molecule has 0 spiro atoms. The van der Waals surface area contributed by atoms with Crippen LogP contribution in [-0.4, -0.2) is 25.0 Å². The molecule has 3 N–H and O–H groups in total. The van der Waals surface area contributed by atoms with E-state index < -0.39 is 6.03 Å². The molecule has 21 heavy (non-hydrogen) atoms. The number of nitrogens with one attached hydrogen (secondary N) is 3. The average Bonchev–Trinajstić information content (AvgIpc) is 2.50. The summed E-state index contributed by atoms with van der Waals surface area (Å²) < 4.78 is 0. The molecule has 0 saturated carbocycles. The Morgan fingerprint density at radius 2 is 1.95 bits per heavy atom. The smallest absolute Gasteiger partial charge is 0.317 e. The second-order valence-corrected chi connectivity index (χ2v) is 5.18. The van der Waals surface area contributed by atoms with Gasteiger partial charge in [0.15, 0.2) is 0 Å². The summed E-state index contributed by atoms with van der Waals surface area (Å²) >= 11 is 0. The molecule has 0 unspecified atom stereocenters. The van der Waals surface area contributed by atoms with Crippen LogP contribution in [0.4, 0.5) is 4.79 Å². The summed E-state index contributed by atoms with van der Waals surface area (Å²) in [7, 11) is 0. The van der Waals surface area contributed by atoms with E-state index in [1.807, 2.05) is 37.3 Å². The van der Waals surface area contributed by atoms with Crippen LogP contribution in [0.1, 0.15) is 24.0 Å². The monoisotopic (exact) mass is 287 g/mol. The fraction of sp³-hybridized carbons (Fsp3) is 0.375. The zero-order chi connectivity index (χ0) is 15.1. The lowest BCUT2D eigenvalue weighted by molar-refractivity contribution is -0.124. The minimum absolute atomic E-state index is 0.0719. The van der Waals surface area contributed by atoms with Crippen molar-refractivity contribution in [3.05, 3.63) is 41.6 Å². The first-order valence-electron chi connectivity index (χ1n) is 7.21. The second-order valence-electron chi connectivity index (χ2n) is 5.18. The van der Waals surface area contributed by atoms with Crippen LogP contribution in [0.3, 0.4) is 0 Å². The zero-order valence-electron chi connectivity index (χ0n) is 12.2. The van der Waals surface area contributed by atoms with Crippen molar-refractivity contribution in [1.29, 1.82) is 0 Å². The molecule has 1 saturated heterocycles. The molecule has 1 fully saturated rings. The molecule has 1 heterocycles. The average molecular weight is 287 g/mol. The van der Waals surface area contributed by atoms with Crippen molar-refractivity contribution in [2.45, 2.75) is 19.8 Å². The summed E-state index contributed by atoms with van der Waals surface area (Å²) in [6.45, 7) is 3.65. The lowest BCUT2D eigenvalue weighted by Gasteiger charge is -2.21. The van der Waals surface area contributed by atoms with Gasteiger partial charge in [-0.05, 0) is 50.1 Å². The van der Waals surface area contributed by atoms with Gasteiger partial charge in [0.1, 0.15) is 0 Å². The third-order valence-electron chi connectivity index (χ3n) is 3.61. The number of piperidine rings is 1. The Bertz CT molecular complexity index is 534. The number of hydrogen-bond donors (Lipinski definition) is 3. The lowest BCUT2D eigenvalue weighted by atomic mass is 9.97. The number of amides is 3. The zero-order valence-corrected chi connectivity index (χ0v) is 12.2. The van der Waals surface area contributed by atoms with Gasteiger partial charge >= 0.3 is 6.03 Å². The highest BCUT2D eigenvalue weighted by Gasteiger charge is 2.21. The highest BCUT2D eigenvalue weighted by atomic mass is 16.2. The largest absolute Gasteiger partial charge is 0.325 e. The lowest BCUT2D eigenvalue weighted by Crippen LogP contribution is -2.43. The summed E-state index contributed by atoms with van der Waals surface area (Å²) in [6.07, 6.45) is 4.91. The molecule has 1 aromatic carbocycles. The molecule has 1 aliphatic rings. The van der Waals surface area contributed by atoms with Gasteiger partial charge < -0.3 is 10.6 Å². The molecular formula is C16H21N3O2. The maximum atomic E-state index is 11.9. The topological polar surface area (TPSA) is 70.2 Å². The molecule has 0 aliphatic carbocycles. The Hall–Kier alpha value is -2.14. The highest BCUT2D eigenvalue weighted by Crippen LogP contribution is 2.11. The van der Waals surface area contributed by atoms with Crippen LogP contribution in [0.2, 0.25) is 0 Å². The Balaban J connectivity index is 1.79. The Morgan fingerprint density at radius 1 is 1.24 bits per heavy atom. The first-order valence-corrected chi connectivity index (χ1v) is 7.21. The van der Waals surface area contributed by atoms with Gasteiger partial charge in [0.25, 0.3) is 0 Å². The maximum Gasteiger partial charge on any atom is 0.325 e. The number of carbonyl (C=O) groups excluding carboxylic acids is 2. The number of urea groups is 1. The van der Waals surface area contributed by atoms with E-state index in [-0.39, 0.29) is 11.8 Å². The van der Waals surface area contributed by atoms with E-state index in [1.165, 1.54) is 0 Å². The van der Waals surface area contributed by atoms with Crippen LogP contribution in [0, 0.1) is 12.8 Å². The van der Waals surface area contributed by atoms with Crippen molar-refractivity contribution >= 4 is 18.0 Å². The van der Waals surface area contributed by atoms with Crippen molar-refractivity contribution in [3.8, 4) is 0 Å². The quantitative estimate of drug-likeness (QED) is 0.794. The summed E-state index contributed by atoms with van der Waals surface area (Å²) in [5.41, 5.74) is 2.16. The fourth-order valence-electron chi connectivity index (χ4n) is 2.32. The maximum absolute atomic E-state index is 11.9. The summed E-state index contributed by atoms with van der Waals surface area (Å²) in [6, 6.07) is 7.38. The molecular weight excluding hydrogens is 266 g/mol. The SMILES string of the molecule is Cc1ccccc1/C=C/NC(=O)NC(=O)C1CCNCC1. The Labute approximate surface area is 124 Å². The van der Waals surface area contributed by atoms with Crippen LogP contribution in [0.5, 0.6) is 0 Å². The minimum atomic E-state index is -0.483. The third kappa shape index (κ3) is 4.72. The van der Waals surface area contributed by atoms with Crippen LogP contribution < -0.4 is 16.0 Å². The first kappa shape index (κ1) is 15.3. The summed E-state index contributed by atoms with van der Waals surface area (Å²) in [5.74, 6) is -0.268. The standard InChI is InChI=1S/C16H21N3O2/c1-12-4-2-3-5-13(12)8-11-18-16(21)19-15(20)14-6-9-17-10-7-14/h2-5,8,11,14,17H,6-7,9-10H2,1H3,(H2,18,19,20,21)/b11-8+. The molecule has 3 amide bonds. The van der Waals surface area contributed by atoms with Gasteiger partial charge in [0.2, 0.25) is 5.91 Å². The Morgan fingerprint density at radius 3 is 2.67 bits per heavy atom. The number of rotatable bonds is 3. The molecule has 112 valence electrons. The van der Waals surface area contributed by atoms with Crippen molar-refractivity contribution in [3.63, 3.8) is 0 Å². The van der Waals surface area contributed by atoms with Crippen molar-refractivity contribution in [1.82, 2.24) is 16.0 Å². The molecule has 0 atom stereocenters. The van der Waals surface area contributed by atoms with E-state index in [4.69, 9.17) is 0 Å².